The zero-order valence-corrected chi connectivity index (χ0v) is 20.1. The number of rotatable bonds is 5. The summed E-state index contributed by atoms with van der Waals surface area (Å²) in [5.41, 5.74) is 4.68. The molecule has 0 unspecified atom stereocenters. The van der Waals surface area contributed by atoms with Crippen molar-refractivity contribution in [1.29, 1.82) is 0 Å². The van der Waals surface area contributed by atoms with Crippen LogP contribution in [0.4, 0.5) is 17.1 Å². The lowest BCUT2D eigenvalue weighted by Gasteiger charge is -2.10. The molecule has 4 rings (SSSR count). The highest BCUT2D eigenvalue weighted by Gasteiger charge is 2.23. The molecule has 0 aliphatic carbocycles. The van der Waals surface area contributed by atoms with Gasteiger partial charge < -0.3 is 10.8 Å². The number of fused-ring (bicyclic) bond motifs is 2. The normalized spacial score (nSPS) is 13.1. The average molecular weight is 554 g/mol. The molecule has 0 fully saturated rings. The van der Waals surface area contributed by atoms with E-state index >= 15 is 0 Å². The number of aromatic hydroxyl groups is 1. The van der Waals surface area contributed by atoms with Crippen molar-refractivity contribution in [3.8, 4) is 5.75 Å². The van der Waals surface area contributed by atoms with Crippen LogP contribution in [0, 0.1) is 0 Å². The van der Waals surface area contributed by atoms with E-state index in [2.05, 4.69) is 10.2 Å². The van der Waals surface area contributed by atoms with Crippen LogP contribution in [0.5, 0.6) is 5.75 Å². The lowest BCUT2D eigenvalue weighted by atomic mass is 10.1. The zero-order chi connectivity index (χ0) is 26.6. The van der Waals surface area contributed by atoms with Crippen LogP contribution in [-0.4, -0.2) is 44.0 Å². The second kappa shape index (κ2) is 8.47. The maximum absolute atomic E-state index is 12.0. The van der Waals surface area contributed by atoms with Gasteiger partial charge in [0.25, 0.3) is 30.4 Å². The SMILES string of the molecule is Nc1ccc2c(O)c(N=Nc3cc4ccc(S(=O)(=O)O)cc4cc3S(=O)(=O)O)c(S(=O)(=O)O)cc2c1. The molecule has 4 aromatic carbocycles. The summed E-state index contributed by atoms with van der Waals surface area (Å²) < 4.78 is 99.2. The molecule has 0 aliphatic rings. The molecule has 0 aliphatic heterocycles. The number of hydrogen-bond donors (Lipinski definition) is 5. The number of hydrogen-bond acceptors (Lipinski definition) is 10. The van der Waals surface area contributed by atoms with Crippen molar-refractivity contribution >= 4 is 69.0 Å². The van der Waals surface area contributed by atoms with Crippen molar-refractivity contribution in [2.45, 2.75) is 14.7 Å². The van der Waals surface area contributed by atoms with Gasteiger partial charge in [0.2, 0.25) is 0 Å². The molecule has 188 valence electrons. The minimum absolute atomic E-state index is 0.0125. The number of nitrogens with two attached hydrogens (primary N) is 1. The van der Waals surface area contributed by atoms with Gasteiger partial charge in [-0.2, -0.15) is 25.3 Å². The van der Waals surface area contributed by atoms with Crippen LogP contribution < -0.4 is 5.73 Å². The third-order valence-electron chi connectivity index (χ3n) is 5.08. The van der Waals surface area contributed by atoms with Crippen molar-refractivity contribution in [3.05, 3.63) is 54.6 Å². The minimum atomic E-state index is -4.98. The number of nitrogen functional groups attached to an aromatic ring is 1. The Labute approximate surface area is 203 Å². The molecule has 4 aromatic rings. The number of anilines is 1. The Morgan fingerprint density at radius 1 is 0.639 bits per heavy atom. The molecule has 0 spiro atoms. The van der Waals surface area contributed by atoms with E-state index in [9.17, 15) is 44.0 Å². The third kappa shape index (κ3) is 4.85. The van der Waals surface area contributed by atoms with Gasteiger partial charge in [0.15, 0.2) is 5.75 Å². The summed E-state index contributed by atoms with van der Waals surface area (Å²) in [6.45, 7) is 0. The fourth-order valence-corrected chi connectivity index (χ4v) is 5.27. The first kappa shape index (κ1) is 25.4. The summed E-state index contributed by atoms with van der Waals surface area (Å²) in [7, 11) is -14.5. The van der Waals surface area contributed by atoms with Gasteiger partial charge in [-0.15, -0.1) is 10.2 Å². The molecule has 36 heavy (non-hydrogen) atoms. The van der Waals surface area contributed by atoms with Gasteiger partial charge in [-0.3, -0.25) is 13.7 Å². The summed E-state index contributed by atoms with van der Waals surface area (Å²) in [5, 5.41) is 18.4. The first-order chi connectivity index (χ1) is 16.6. The Morgan fingerprint density at radius 3 is 1.89 bits per heavy atom. The zero-order valence-electron chi connectivity index (χ0n) is 17.6. The Morgan fingerprint density at radius 2 is 1.28 bits per heavy atom. The van der Waals surface area contributed by atoms with E-state index in [4.69, 9.17) is 5.73 Å². The van der Waals surface area contributed by atoms with E-state index in [0.717, 1.165) is 30.3 Å². The minimum Gasteiger partial charge on any atom is -0.505 e. The molecule has 6 N–H and O–H groups in total. The summed E-state index contributed by atoms with van der Waals surface area (Å²) in [5.74, 6) is -0.712. The molecular weight excluding hydrogens is 538 g/mol. The molecule has 0 heterocycles. The van der Waals surface area contributed by atoms with Gasteiger partial charge >= 0.3 is 0 Å². The maximum Gasteiger partial charge on any atom is 0.296 e. The molecule has 0 bridgehead atoms. The number of benzene rings is 4. The van der Waals surface area contributed by atoms with Gasteiger partial charge in [0.05, 0.1) is 4.90 Å². The van der Waals surface area contributed by atoms with E-state index < -0.39 is 62.2 Å². The second-order valence-electron chi connectivity index (χ2n) is 7.51. The van der Waals surface area contributed by atoms with Crippen LogP contribution in [-0.2, 0) is 30.4 Å². The number of phenolic OH excluding ortho intramolecular Hbond substituents is 1. The molecule has 0 aromatic heterocycles. The predicted molar refractivity (Wildman–Crippen MR) is 128 cm³/mol. The van der Waals surface area contributed by atoms with Crippen molar-refractivity contribution in [2.24, 2.45) is 10.2 Å². The molecule has 16 heteroatoms. The first-order valence-corrected chi connectivity index (χ1v) is 13.8. The summed E-state index contributed by atoms with van der Waals surface area (Å²) in [6.07, 6.45) is 0. The molecule has 0 saturated carbocycles. The van der Waals surface area contributed by atoms with Crippen LogP contribution in [0.25, 0.3) is 21.5 Å². The van der Waals surface area contributed by atoms with Crippen molar-refractivity contribution in [2.75, 3.05) is 5.73 Å². The van der Waals surface area contributed by atoms with Crippen molar-refractivity contribution < 1.29 is 44.0 Å². The van der Waals surface area contributed by atoms with Crippen LogP contribution in [0.3, 0.4) is 0 Å². The topological polar surface area (TPSA) is 234 Å². The van der Waals surface area contributed by atoms with Gasteiger partial charge in [0.1, 0.15) is 21.2 Å². The Kier molecular flexibility index (Phi) is 5.98. The molecule has 0 amide bonds. The molecule has 0 radical (unpaired) electrons. The van der Waals surface area contributed by atoms with E-state index in [1.54, 1.807) is 0 Å². The fraction of sp³-hybridized carbons (Fsp3) is 0. The summed E-state index contributed by atoms with van der Waals surface area (Å²) in [6, 6.07) is 10.2. The summed E-state index contributed by atoms with van der Waals surface area (Å²) >= 11 is 0. The fourth-order valence-electron chi connectivity index (χ4n) is 3.46. The van der Waals surface area contributed by atoms with E-state index in [-0.39, 0.29) is 27.2 Å². The van der Waals surface area contributed by atoms with Crippen molar-refractivity contribution in [3.63, 3.8) is 0 Å². The van der Waals surface area contributed by atoms with Crippen molar-refractivity contribution in [1.82, 2.24) is 0 Å². The number of nitrogens with zero attached hydrogens (tertiary/aromatic N) is 2. The van der Waals surface area contributed by atoms with Crippen LogP contribution in [0.2, 0.25) is 0 Å². The van der Waals surface area contributed by atoms with Gasteiger partial charge in [-0.25, -0.2) is 0 Å². The lowest BCUT2D eigenvalue weighted by Crippen LogP contribution is -2.00. The highest BCUT2D eigenvalue weighted by Crippen LogP contribution is 2.42. The monoisotopic (exact) mass is 553 g/mol. The quantitative estimate of drug-likeness (QED) is 0.136. The second-order valence-corrected chi connectivity index (χ2v) is 11.7. The first-order valence-electron chi connectivity index (χ1n) is 9.53. The third-order valence-corrected chi connectivity index (χ3v) is 7.68. The lowest BCUT2D eigenvalue weighted by molar-refractivity contribution is 0.472. The van der Waals surface area contributed by atoms with E-state index in [0.29, 0.717) is 0 Å². The largest absolute Gasteiger partial charge is 0.505 e. The maximum atomic E-state index is 12.0. The van der Waals surface area contributed by atoms with E-state index in [1.165, 1.54) is 24.3 Å². The van der Waals surface area contributed by atoms with Gasteiger partial charge in [0, 0.05) is 11.1 Å². The highest BCUT2D eigenvalue weighted by atomic mass is 32.2. The van der Waals surface area contributed by atoms with Crippen LogP contribution in [0.1, 0.15) is 0 Å². The van der Waals surface area contributed by atoms with E-state index in [1.807, 2.05) is 0 Å². The predicted octanol–water partition coefficient (Wildman–Crippen LogP) is 3.44. The van der Waals surface area contributed by atoms with Crippen LogP contribution in [0.15, 0.2) is 79.5 Å². The molecule has 0 saturated heterocycles. The molecule has 13 nitrogen and oxygen atoms in total. The number of phenols is 1. The highest BCUT2D eigenvalue weighted by molar-refractivity contribution is 7.86. The average Bonchev–Trinajstić information content (AvgIpc) is 2.75. The van der Waals surface area contributed by atoms with Gasteiger partial charge in [-0.1, -0.05) is 6.07 Å². The molecular formula is C20H15N3O10S3. The molecule has 0 atom stereocenters. The smallest absolute Gasteiger partial charge is 0.296 e. The number of azo groups is 1. The summed E-state index contributed by atoms with van der Waals surface area (Å²) in [4.78, 5) is -2.23. The van der Waals surface area contributed by atoms with Gasteiger partial charge in [-0.05, 0) is 64.7 Å². The Hall–Kier alpha value is -3.67. The Balaban J connectivity index is 1.98. The van der Waals surface area contributed by atoms with Crippen LogP contribution >= 0.6 is 0 Å². The Bertz CT molecular complexity index is 1940. The standard InChI is InChI=1S/C20H15N3O10S3/c21-13-2-4-15-12(5-13)9-18(36(31,32)33)19(20(15)24)23-22-16-7-10-1-3-14(34(25,26)27)6-11(10)8-17(16)35(28,29)30/h1-9,24H,21H2,(H,25,26,27)(H,28,29,30)(H,31,32,33).